The molecule has 1 aliphatic heterocycles. The van der Waals surface area contributed by atoms with Gasteiger partial charge >= 0.3 is 0 Å². The van der Waals surface area contributed by atoms with Gasteiger partial charge in [0.25, 0.3) is 0 Å². The SMILES string of the molecule is CC(C)CN1CCC[C@@H]1CNc1ccnc(C2CC2)n1. The highest BCUT2D eigenvalue weighted by atomic mass is 15.2. The minimum absolute atomic E-state index is 0.626. The van der Waals surface area contributed by atoms with Crippen LogP contribution >= 0.6 is 0 Å². The van der Waals surface area contributed by atoms with Gasteiger partial charge in [0.15, 0.2) is 0 Å². The number of likely N-dealkylation sites (tertiary alicyclic amines) is 1. The predicted molar refractivity (Wildman–Crippen MR) is 81.9 cm³/mol. The predicted octanol–water partition coefficient (Wildman–Crippen LogP) is 2.89. The van der Waals surface area contributed by atoms with Crippen molar-refractivity contribution < 1.29 is 0 Å². The smallest absolute Gasteiger partial charge is 0.133 e. The number of aromatic nitrogens is 2. The zero-order valence-electron chi connectivity index (χ0n) is 12.7. The van der Waals surface area contributed by atoms with Crippen LogP contribution in [0.3, 0.4) is 0 Å². The second kappa shape index (κ2) is 6.08. The molecule has 0 aromatic carbocycles. The summed E-state index contributed by atoms with van der Waals surface area (Å²) in [5.74, 6) is 3.40. The molecule has 1 atom stereocenters. The summed E-state index contributed by atoms with van der Waals surface area (Å²) in [6.45, 7) is 8.07. The molecule has 1 aromatic rings. The van der Waals surface area contributed by atoms with Gasteiger partial charge in [0.1, 0.15) is 11.6 Å². The first-order valence-corrected chi connectivity index (χ1v) is 8.03. The molecule has 1 N–H and O–H groups in total. The Hall–Kier alpha value is -1.16. The lowest BCUT2D eigenvalue weighted by molar-refractivity contribution is 0.234. The Bertz CT molecular complexity index is 442. The van der Waals surface area contributed by atoms with E-state index in [1.807, 2.05) is 12.3 Å². The molecular weight excluding hydrogens is 248 g/mol. The van der Waals surface area contributed by atoms with Crippen LogP contribution in [0.4, 0.5) is 5.82 Å². The fourth-order valence-electron chi connectivity index (χ4n) is 3.07. The summed E-state index contributed by atoms with van der Waals surface area (Å²) >= 11 is 0. The lowest BCUT2D eigenvalue weighted by Gasteiger charge is -2.26. The molecule has 1 saturated carbocycles. The third-order valence-electron chi connectivity index (χ3n) is 4.23. The molecule has 0 radical (unpaired) electrons. The number of rotatable bonds is 6. The molecular formula is C16H26N4. The maximum absolute atomic E-state index is 4.64. The summed E-state index contributed by atoms with van der Waals surface area (Å²) in [6, 6.07) is 2.66. The first kappa shape index (κ1) is 13.8. The molecule has 110 valence electrons. The van der Waals surface area contributed by atoms with Crippen LogP contribution in [-0.4, -0.2) is 40.5 Å². The third-order valence-corrected chi connectivity index (χ3v) is 4.23. The Kier molecular flexibility index (Phi) is 4.20. The van der Waals surface area contributed by atoms with E-state index in [1.165, 1.54) is 38.8 Å². The van der Waals surface area contributed by atoms with Crippen LogP contribution in [0.5, 0.6) is 0 Å². The lowest BCUT2D eigenvalue weighted by atomic mass is 10.1. The molecule has 0 spiro atoms. The average Bonchev–Trinajstić information content (AvgIpc) is 3.19. The molecule has 3 rings (SSSR count). The van der Waals surface area contributed by atoms with Gasteiger partial charge in [-0.25, -0.2) is 9.97 Å². The van der Waals surface area contributed by atoms with Gasteiger partial charge in [0, 0.05) is 31.2 Å². The Morgan fingerprint density at radius 2 is 2.20 bits per heavy atom. The van der Waals surface area contributed by atoms with Crippen molar-refractivity contribution in [3.63, 3.8) is 0 Å². The van der Waals surface area contributed by atoms with Gasteiger partial charge < -0.3 is 5.32 Å². The van der Waals surface area contributed by atoms with Crippen molar-refractivity contribution in [2.75, 3.05) is 25.0 Å². The number of nitrogens with zero attached hydrogens (tertiary/aromatic N) is 3. The molecule has 0 unspecified atom stereocenters. The van der Waals surface area contributed by atoms with Crippen LogP contribution in [0.15, 0.2) is 12.3 Å². The molecule has 1 saturated heterocycles. The van der Waals surface area contributed by atoms with Gasteiger partial charge in [-0.2, -0.15) is 0 Å². The van der Waals surface area contributed by atoms with E-state index in [1.54, 1.807) is 0 Å². The van der Waals surface area contributed by atoms with Crippen molar-refractivity contribution in [2.45, 2.75) is 51.5 Å². The summed E-state index contributed by atoms with van der Waals surface area (Å²) in [5, 5.41) is 3.52. The standard InChI is InChI=1S/C16H26N4/c1-12(2)11-20-9-3-4-14(20)10-18-15-7-8-17-16(19-15)13-5-6-13/h7-8,12-14H,3-6,9-11H2,1-2H3,(H,17,18,19)/t14-/m1/s1. The summed E-state index contributed by atoms with van der Waals surface area (Å²) in [6.07, 6.45) is 7.04. The van der Waals surface area contributed by atoms with Gasteiger partial charge in [-0.1, -0.05) is 13.8 Å². The summed E-state index contributed by atoms with van der Waals surface area (Å²) in [5.41, 5.74) is 0. The van der Waals surface area contributed by atoms with Gasteiger partial charge in [-0.15, -0.1) is 0 Å². The van der Waals surface area contributed by atoms with Gasteiger partial charge in [0.2, 0.25) is 0 Å². The van der Waals surface area contributed by atoms with Gasteiger partial charge in [0.05, 0.1) is 0 Å². The largest absolute Gasteiger partial charge is 0.368 e. The van der Waals surface area contributed by atoms with E-state index in [2.05, 4.69) is 34.0 Å². The monoisotopic (exact) mass is 274 g/mol. The Balaban J connectivity index is 1.54. The molecule has 4 nitrogen and oxygen atoms in total. The molecule has 2 heterocycles. The van der Waals surface area contributed by atoms with Crippen molar-refractivity contribution in [3.05, 3.63) is 18.1 Å². The number of nitrogens with one attached hydrogen (secondary N) is 1. The summed E-state index contributed by atoms with van der Waals surface area (Å²) < 4.78 is 0. The summed E-state index contributed by atoms with van der Waals surface area (Å²) in [4.78, 5) is 11.6. The maximum Gasteiger partial charge on any atom is 0.133 e. The average molecular weight is 274 g/mol. The molecule has 4 heteroatoms. The van der Waals surface area contributed by atoms with Crippen molar-refractivity contribution in [1.29, 1.82) is 0 Å². The molecule has 1 aromatic heterocycles. The number of hydrogen-bond acceptors (Lipinski definition) is 4. The fraction of sp³-hybridized carbons (Fsp3) is 0.750. The zero-order valence-corrected chi connectivity index (χ0v) is 12.7. The second-order valence-electron chi connectivity index (χ2n) is 6.64. The van der Waals surface area contributed by atoms with Crippen molar-refractivity contribution in [3.8, 4) is 0 Å². The normalized spacial score (nSPS) is 23.4. The first-order valence-electron chi connectivity index (χ1n) is 8.03. The van der Waals surface area contributed by atoms with E-state index >= 15 is 0 Å². The van der Waals surface area contributed by atoms with Crippen molar-refractivity contribution in [1.82, 2.24) is 14.9 Å². The van der Waals surface area contributed by atoms with E-state index in [-0.39, 0.29) is 0 Å². The third kappa shape index (κ3) is 3.48. The summed E-state index contributed by atoms with van der Waals surface area (Å²) in [7, 11) is 0. The Morgan fingerprint density at radius 3 is 2.95 bits per heavy atom. The molecule has 2 aliphatic rings. The highest BCUT2D eigenvalue weighted by molar-refractivity contribution is 5.34. The topological polar surface area (TPSA) is 41.0 Å². The van der Waals surface area contributed by atoms with E-state index < -0.39 is 0 Å². The first-order chi connectivity index (χ1) is 9.72. The van der Waals surface area contributed by atoms with E-state index in [9.17, 15) is 0 Å². The Morgan fingerprint density at radius 1 is 1.35 bits per heavy atom. The van der Waals surface area contributed by atoms with Crippen LogP contribution in [-0.2, 0) is 0 Å². The number of anilines is 1. The minimum Gasteiger partial charge on any atom is -0.368 e. The fourth-order valence-corrected chi connectivity index (χ4v) is 3.07. The van der Waals surface area contributed by atoms with Crippen molar-refractivity contribution in [2.24, 2.45) is 5.92 Å². The maximum atomic E-state index is 4.64. The molecule has 20 heavy (non-hydrogen) atoms. The zero-order chi connectivity index (χ0) is 13.9. The van der Waals surface area contributed by atoms with Gasteiger partial charge in [-0.05, 0) is 44.2 Å². The van der Waals surface area contributed by atoms with E-state index in [0.717, 1.165) is 24.1 Å². The van der Waals surface area contributed by atoms with E-state index in [0.29, 0.717) is 12.0 Å². The molecule has 1 aliphatic carbocycles. The highest BCUT2D eigenvalue weighted by Gasteiger charge is 2.27. The molecule has 0 amide bonds. The number of hydrogen-bond donors (Lipinski definition) is 1. The second-order valence-corrected chi connectivity index (χ2v) is 6.64. The minimum atomic E-state index is 0.626. The lowest BCUT2D eigenvalue weighted by Crippen LogP contribution is -2.37. The van der Waals surface area contributed by atoms with Crippen LogP contribution in [0.25, 0.3) is 0 Å². The van der Waals surface area contributed by atoms with Crippen molar-refractivity contribution >= 4 is 5.82 Å². The van der Waals surface area contributed by atoms with Crippen LogP contribution < -0.4 is 5.32 Å². The van der Waals surface area contributed by atoms with Crippen LogP contribution in [0.2, 0.25) is 0 Å². The molecule has 0 bridgehead atoms. The van der Waals surface area contributed by atoms with E-state index in [4.69, 9.17) is 0 Å². The van der Waals surface area contributed by atoms with Crippen LogP contribution in [0.1, 0.15) is 51.3 Å². The highest BCUT2D eigenvalue weighted by Crippen LogP contribution is 2.38. The molecule has 2 fully saturated rings. The quantitative estimate of drug-likeness (QED) is 0.866. The Labute approximate surface area is 122 Å². The van der Waals surface area contributed by atoms with Gasteiger partial charge in [-0.3, -0.25) is 4.90 Å². The van der Waals surface area contributed by atoms with Crippen LogP contribution in [0, 0.1) is 5.92 Å².